The van der Waals surface area contributed by atoms with Gasteiger partial charge in [-0.15, -0.1) is 6.42 Å². The van der Waals surface area contributed by atoms with E-state index in [0.717, 1.165) is 11.0 Å². The molecule has 1 N–H and O–H groups in total. The number of sulfone groups is 1. The fraction of sp³-hybridized carbons (Fsp3) is 0.250. The predicted octanol–water partition coefficient (Wildman–Crippen LogP) is 1.21. The standard InChI is InChI=1S/C12H11F2NO4S/c1-2-7-15(8-11(16)17)9-5-3-4-6-10(9)20(18,19)12(13)14/h1,3-6,12H,7-8H2,(H,16,17). The van der Waals surface area contributed by atoms with E-state index >= 15 is 0 Å². The Kier molecular flexibility index (Phi) is 5.05. The molecule has 0 aliphatic heterocycles. The van der Waals surface area contributed by atoms with E-state index in [0.29, 0.717) is 0 Å². The van der Waals surface area contributed by atoms with Crippen LogP contribution < -0.4 is 4.90 Å². The molecule has 0 fully saturated rings. The molecule has 1 rings (SSSR count). The van der Waals surface area contributed by atoms with Crippen molar-refractivity contribution in [1.29, 1.82) is 0 Å². The first-order valence-electron chi connectivity index (χ1n) is 5.32. The maximum absolute atomic E-state index is 12.6. The molecule has 0 aliphatic carbocycles. The van der Waals surface area contributed by atoms with E-state index in [1.165, 1.54) is 18.2 Å². The molecule has 0 heterocycles. The highest BCUT2D eigenvalue weighted by atomic mass is 32.2. The van der Waals surface area contributed by atoms with Gasteiger partial charge in [0.2, 0.25) is 9.84 Å². The summed E-state index contributed by atoms with van der Waals surface area (Å²) in [5, 5.41) is 8.77. The fourth-order valence-electron chi connectivity index (χ4n) is 1.55. The van der Waals surface area contributed by atoms with Crippen LogP contribution in [0.1, 0.15) is 0 Å². The zero-order chi connectivity index (χ0) is 15.3. The van der Waals surface area contributed by atoms with Gasteiger partial charge in [0.1, 0.15) is 6.54 Å². The van der Waals surface area contributed by atoms with Gasteiger partial charge in [-0.2, -0.15) is 8.78 Å². The Morgan fingerprint density at radius 3 is 2.50 bits per heavy atom. The fourth-order valence-corrected chi connectivity index (χ4v) is 2.50. The largest absolute Gasteiger partial charge is 0.480 e. The molecule has 0 saturated carbocycles. The summed E-state index contributed by atoms with van der Waals surface area (Å²) in [5.74, 6) is -2.70. The highest BCUT2D eigenvalue weighted by Gasteiger charge is 2.30. The van der Waals surface area contributed by atoms with Crippen molar-refractivity contribution in [3.8, 4) is 12.3 Å². The topological polar surface area (TPSA) is 74.7 Å². The van der Waals surface area contributed by atoms with Gasteiger partial charge in [0, 0.05) is 0 Å². The maximum Gasteiger partial charge on any atom is 0.341 e. The lowest BCUT2D eigenvalue weighted by Gasteiger charge is -2.22. The van der Waals surface area contributed by atoms with Crippen molar-refractivity contribution in [2.75, 3.05) is 18.0 Å². The minimum absolute atomic E-state index is 0.159. The number of nitrogens with zero attached hydrogens (tertiary/aromatic N) is 1. The van der Waals surface area contributed by atoms with Gasteiger partial charge in [-0.1, -0.05) is 18.1 Å². The molecule has 0 bridgehead atoms. The van der Waals surface area contributed by atoms with Crippen molar-refractivity contribution in [2.24, 2.45) is 0 Å². The van der Waals surface area contributed by atoms with E-state index in [1.54, 1.807) is 0 Å². The zero-order valence-electron chi connectivity index (χ0n) is 10.2. The maximum atomic E-state index is 12.6. The number of para-hydroxylation sites is 1. The van der Waals surface area contributed by atoms with Crippen LogP contribution in [0, 0.1) is 12.3 Å². The number of benzene rings is 1. The van der Waals surface area contributed by atoms with Gasteiger partial charge in [-0.25, -0.2) is 8.42 Å². The third-order valence-corrected chi connectivity index (χ3v) is 3.78. The average Bonchev–Trinajstić information content (AvgIpc) is 2.37. The normalized spacial score (nSPS) is 11.1. The van der Waals surface area contributed by atoms with Crippen LogP contribution in [0.15, 0.2) is 29.2 Å². The van der Waals surface area contributed by atoms with Crippen molar-refractivity contribution in [3.63, 3.8) is 0 Å². The van der Waals surface area contributed by atoms with E-state index in [9.17, 15) is 22.0 Å². The van der Waals surface area contributed by atoms with Gasteiger partial charge in [-0.3, -0.25) is 4.79 Å². The molecule has 8 heteroatoms. The molecule has 0 aliphatic rings. The van der Waals surface area contributed by atoms with Gasteiger partial charge < -0.3 is 10.0 Å². The Hall–Kier alpha value is -2.14. The zero-order valence-corrected chi connectivity index (χ0v) is 11.0. The van der Waals surface area contributed by atoms with Crippen LogP contribution in [0.4, 0.5) is 14.5 Å². The Balaban J connectivity index is 3.38. The summed E-state index contributed by atoms with van der Waals surface area (Å²) >= 11 is 0. The lowest BCUT2D eigenvalue weighted by Crippen LogP contribution is -2.31. The van der Waals surface area contributed by atoms with Crippen molar-refractivity contribution >= 4 is 21.5 Å². The molecule has 1 aromatic rings. The molecule has 108 valence electrons. The third kappa shape index (κ3) is 3.45. The Bertz CT molecular complexity index is 637. The Morgan fingerprint density at radius 2 is 2.00 bits per heavy atom. The summed E-state index contributed by atoms with van der Waals surface area (Å²) < 4.78 is 48.4. The van der Waals surface area contributed by atoms with Crippen LogP contribution in [0.2, 0.25) is 0 Å². The molecule has 20 heavy (non-hydrogen) atoms. The van der Waals surface area contributed by atoms with E-state index in [4.69, 9.17) is 11.5 Å². The number of hydrogen-bond donors (Lipinski definition) is 1. The van der Waals surface area contributed by atoms with Crippen molar-refractivity contribution in [2.45, 2.75) is 10.7 Å². The summed E-state index contributed by atoms with van der Waals surface area (Å²) in [4.78, 5) is 11.1. The lowest BCUT2D eigenvalue weighted by atomic mass is 10.3. The number of halogens is 2. The highest BCUT2D eigenvalue weighted by Crippen LogP contribution is 2.28. The van der Waals surface area contributed by atoms with Crippen molar-refractivity contribution in [3.05, 3.63) is 24.3 Å². The second kappa shape index (κ2) is 6.34. The molecular weight excluding hydrogens is 292 g/mol. The summed E-state index contributed by atoms with van der Waals surface area (Å²) in [5.41, 5.74) is -0.159. The summed E-state index contributed by atoms with van der Waals surface area (Å²) in [6, 6.07) is 4.90. The molecule has 0 saturated heterocycles. The smallest absolute Gasteiger partial charge is 0.341 e. The van der Waals surface area contributed by atoms with Crippen molar-refractivity contribution < 1.29 is 27.1 Å². The number of alkyl halides is 2. The second-order valence-electron chi connectivity index (χ2n) is 3.73. The van der Waals surface area contributed by atoms with Crippen LogP contribution >= 0.6 is 0 Å². The number of anilines is 1. The van der Waals surface area contributed by atoms with Crippen LogP contribution in [-0.2, 0) is 14.6 Å². The van der Waals surface area contributed by atoms with Gasteiger partial charge in [0.15, 0.2) is 0 Å². The van der Waals surface area contributed by atoms with E-state index in [2.05, 4.69) is 5.92 Å². The quantitative estimate of drug-likeness (QED) is 0.800. The Morgan fingerprint density at radius 1 is 1.40 bits per heavy atom. The van der Waals surface area contributed by atoms with Gasteiger partial charge in [-0.05, 0) is 12.1 Å². The molecule has 0 aromatic heterocycles. The van der Waals surface area contributed by atoms with Gasteiger partial charge in [0.25, 0.3) is 0 Å². The monoisotopic (exact) mass is 303 g/mol. The molecule has 5 nitrogen and oxygen atoms in total. The molecule has 0 amide bonds. The number of carboxylic acid groups (broad SMARTS) is 1. The summed E-state index contributed by atoms with van der Waals surface area (Å²) in [7, 11) is -4.84. The predicted molar refractivity (Wildman–Crippen MR) is 68.3 cm³/mol. The minimum atomic E-state index is -4.84. The van der Waals surface area contributed by atoms with E-state index < -0.39 is 33.0 Å². The number of carbonyl (C=O) groups is 1. The molecule has 0 spiro atoms. The minimum Gasteiger partial charge on any atom is -0.480 e. The number of terminal acetylenes is 1. The third-order valence-electron chi connectivity index (χ3n) is 2.36. The molecular formula is C12H11F2NO4S. The van der Waals surface area contributed by atoms with E-state index in [-0.39, 0.29) is 12.2 Å². The van der Waals surface area contributed by atoms with E-state index in [1.807, 2.05) is 0 Å². The second-order valence-corrected chi connectivity index (χ2v) is 5.61. The van der Waals surface area contributed by atoms with Crippen LogP contribution in [0.3, 0.4) is 0 Å². The van der Waals surface area contributed by atoms with Crippen LogP contribution in [0.5, 0.6) is 0 Å². The summed E-state index contributed by atoms with van der Waals surface area (Å²) in [6.45, 7) is -0.817. The SMILES string of the molecule is C#CCN(CC(=O)O)c1ccccc1S(=O)(=O)C(F)F. The Labute approximate surface area is 114 Å². The molecule has 1 aromatic carbocycles. The molecule has 0 radical (unpaired) electrons. The van der Waals surface area contributed by atoms with Gasteiger partial charge >= 0.3 is 11.7 Å². The van der Waals surface area contributed by atoms with Gasteiger partial charge in [0.05, 0.1) is 17.1 Å². The molecule has 0 atom stereocenters. The average molecular weight is 303 g/mol. The highest BCUT2D eigenvalue weighted by molar-refractivity contribution is 7.91. The first-order valence-corrected chi connectivity index (χ1v) is 6.86. The first kappa shape index (κ1) is 15.9. The molecule has 0 unspecified atom stereocenters. The lowest BCUT2D eigenvalue weighted by molar-refractivity contribution is -0.135. The summed E-state index contributed by atoms with van der Waals surface area (Å²) in [6.07, 6.45) is 5.08. The number of hydrogen-bond acceptors (Lipinski definition) is 4. The van der Waals surface area contributed by atoms with Crippen molar-refractivity contribution in [1.82, 2.24) is 0 Å². The number of aliphatic carboxylic acids is 1. The van der Waals surface area contributed by atoms with Crippen LogP contribution in [0.25, 0.3) is 0 Å². The first-order chi connectivity index (χ1) is 9.30. The number of rotatable bonds is 6. The van der Waals surface area contributed by atoms with Crippen LogP contribution in [-0.4, -0.2) is 38.3 Å². The number of carboxylic acids is 1.